The van der Waals surface area contributed by atoms with E-state index in [0.717, 1.165) is 110 Å². The fourth-order valence-electron chi connectivity index (χ4n) is 16.9. The number of nitrogens with zero attached hydrogens (tertiary/aromatic N) is 7. The molecular formula is C102H84BN7. The number of para-hydroxylation sites is 1. The topological polar surface area (TPSA) is 68.8 Å². The molecule has 0 N–H and O–H groups in total. The van der Waals surface area contributed by atoms with Crippen molar-refractivity contribution in [1.82, 2.24) is 13.7 Å². The third kappa shape index (κ3) is 10.9. The Morgan fingerprint density at radius 2 is 0.745 bits per heavy atom. The van der Waals surface area contributed by atoms with Gasteiger partial charge in [0.05, 0.1) is 78.1 Å². The van der Waals surface area contributed by atoms with Crippen LogP contribution in [0.25, 0.3) is 116 Å². The maximum absolute atomic E-state index is 12.3. The van der Waals surface area contributed by atoms with Gasteiger partial charge in [0.1, 0.15) is 6.07 Å². The number of fused-ring (bicyclic) bond motifs is 13. The van der Waals surface area contributed by atoms with E-state index in [4.69, 9.17) is 5.48 Å². The van der Waals surface area contributed by atoms with Crippen molar-refractivity contribution in [2.75, 3.05) is 9.80 Å². The van der Waals surface area contributed by atoms with Crippen molar-refractivity contribution in [3.63, 3.8) is 0 Å². The normalized spacial score (nSPS) is 14.5. The van der Waals surface area contributed by atoms with E-state index in [1.54, 1.807) is 18.2 Å². The molecule has 5 heterocycles. The SMILES string of the molecule is [2H]c1c([2H])c([2H])c(-c2ccc3c(c2)N(c2cc(-c4ccccc4)cc(-c4ccccc4)c2)c2cc(-n4c5ccc(C(C)(C)C)cc5c5cc(C(C)(C)C)ccc54)cc4c2B3c2ccc(-n3c5ccc(C(C)(C)C)cc5c5cc(C(C)(C)C)ccc53)cc2N4c2cc(-n3c4c([2H])c([2H])c([2H])c([2H])c4c4c([2H])c(C#N)c([2H])c([2H])c43)ccc2C#N)c([2H])c1[2H]. The highest BCUT2D eigenvalue weighted by molar-refractivity contribution is 7.00. The smallest absolute Gasteiger partial charge is 0.252 e. The molecule has 0 saturated carbocycles. The van der Waals surface area contributed by atoms with Crippen molar-refractivity contribution in [2.45, 2.75) is 105 Å². The second-order valence-corrected chi connectivity index (χ2v) is 33.6. The Bertz CT molecular complexity index is 7340. The monoisotopic (exact) mass is 1430 g/mol. The van der Waals surface area contributed by atoms with E-state index >= 15 is 0 Å². The molecule has 14 aromatic carbocycles. The fourth-order valence-corrected chi connectivity index (χ4v) is 16.9. The van der Waals surface area contributed by atoms with Gasteiger partial charge in [-0.25, -0.2) is 0 Å². The molecular weight excluding hydrogens is 1330 g/mol. The lowest BCUT2D eigenvalue weighted by Crippen LogP contribution is -2.61. The van der Waals surface area contributed by atoms with Gasteiger partial charge in [0.25, 0.3) is 6.71 Å². The first-order chi connectivity index (χ1) is 58.0. The number of hydrogen-bond acceptors (Lipinski definition) is 4. The number of aromatic nitrogens is 3. The van der Waals surface area contributed by atoms with Crippen LogP contribution in [0.2, 0.25) is 0 Å². The van der Waals surface area contributed by atoms with Crippen LogP contribution < -0.4 is 26.2 Å². The van der Waals surface area contributed by atoms with Crippen LogP contribution in [-0.2, 0) is 21.7 Å². The van der Waals surface area contributed by atoms with Gasteiger partial charge in [-0.15, -0.1) is 0 Å². The molecule has 2 aliphatic rings. The van der Waals surface area contributed by atoms with Crippen LogP contribution in [0.15, 0.2) is 291 Å². The zero-order chi connectivity index (χ0) is 86.0. The summed E-state index contributed by atoms with van der Waals surface area (Å²) in [7, 11) is 0. The molecule has 0 saturated heterocycles. The van der Waals surface area contributed by atoms with Crippen LogP contribution in [0.5, 0.6) is 0 Å². The highest BCUT2D eigenvalue weighted by Gasteiger charge is 2.45. The summed E-state index contributed by atoms with van der Waals surface area (Å²) in [4.78, 5) is 4.38. The molecule has 0 amide bonds. The van der Waals surface area contributed by atoms with Gasteiger partial charge in [-0.3, -0.25) is 0 Å². The molecule has 7 nitrogen and oxygen atoms in total. The van der Waals surface area contributed by atoms with E-state index < -0.39 is 72.7 Å². The quantitative estimate of drug-likeness (QED) is 0.142. The van der Waals surface area contributed by atoms with Crippen LogP contribution in [0.4, 0.5) is 34.1 Å². The lowest BCUT2D eigenvalue weighted by molar-refractivity contribution is 0.590. The summed E-state index contributed by atoms with van der Waals surface area (Å²) in [6.07, 6.45) is 0. The first kappa shape index (κ1) is 55.5. The van der Waals surface area contributed by atoms with Gasteiger partial charge in [-0.05, 0) is 233 Å². The summed E-state index contributed by atoms with van der Waals surface area (Å²) < 4.78 is 119. The van der Waals surface area contributed by atoms with Crippen molar-refractivity contribution >= 4 is 123 Å². The maximum Gasteiger partial charge on any atom is 0.252 e. The number of benzene rings is 14. The lowest BCUT2D eigenvalue weighted by atomic mass is 9.33. The van der Waals surface area contributed by atoms with Crippen LogP contribution in [0.3, 0.4) is 0 Å². The molecule has 8 heteroatoms. The molecule has 0 atom stereocenters. The van der Waals surface area contributed by atoms with Gasteiger partial charge in [0.2, 0.25) is 0 Å². The fraction of sp³-hybridized carbons (Fsp3) is 0.157. The summed E-state index contributed by atoms with van der Waals surface area (Å²) in [6, 6.07) is 74.4. The van der Waals surface area contributed by atoms with E-state index in [1.165, 1.54) is 4.57 Å². The minimum Gasteiger partial charge on any atom is -0.311 e. The highest BCUT2D eigenvalue weighted by atomic mass is 15.2. The van der Waals surface area contributed by atoms with Gasteiger partial charge in [-0.1, -0.05) is 235 Å². The summed E-state index contributed by atoms with van der Waals surface area (Å²) in [5.41, 5.74) is 18.5. The molecule has 2 aliphatic heterocycles. The molecule has 3 aromatic heterocycles. The lowest BCUT2D eigenvalue weighted by Gasteiger charge is -2.45. The van der Waals surface area contributed by atoms with E-state index in [1.807, 2.05) is 60.7 Å². The maximum atomic E-state index is 12.3. The molecule has 110 heavy (non-hydrogen) atoms. The third-order valence-electron chi connectivity index (χ3n) is 22.6. The predicted molar refractivity (Wildman–Crippen MR) is 464 cm³/mol. The second-order valence-electron chi connectivity index (χ2n) is 33.6. The largest absolute Gasteiger partial charge is 0.311 e. The Labute approximate surface area is 661 Å². The number of nitriles is 2. The summed E-state index contributed by atoms with van der Waals surface area (Å²) in [5, 5.41) is 26.9. The van der Waals surface area contributed by atoms with Crippen molar-refractivity contribution in [1.29, 1.82) is 10.5 Å². The van der Waals surface area contributed by atoms with Crippen molar-refractivity contribution in [3.8, 4) is 62.6 Å². The molecule has 0 bridgehead atoms. The summed E-state index contributed by atoms with van der Waals surface area (Å²) >= 11 is 0. The van der Waals surface area contributed by atoms with E-state index in [2.05, 4.69) is 254 Å². The van der Waals surface area contributed by atoms with Crippen LogP contribution >= 0.6 is 0 Å². The molecule has 19 rings (SSSR count). The molecule has 0 unspecified atom stereocenters. The van der Waals surface area contributed by atoms with Gasteiger partial charge in [-0.2, -0.15) is 10.5 Å². The second kappa shape index (κ2) is 24.8. The zero-order valence-electron chi connectivity index (χ0n) is 75.5. The Kier molecular flexibility index (Phi) is 12.5. The Balaban J connectivity index is 1.02. The van der Waals surface area contributed by atoms with Crippen LogP contribution in [0, 0.1) is 22.7 Å². The van der Waals surface area contributed by atoms with E-state index in [9.17, 15) is 21.5 Å². The van der Waals surface area contributed by atoms with Gasteiger partial charge < -0.3 is 23.5 Å². The molecule has 0 aliphatic carbocycles. The molecule has 0 fully saturated rings. The minimum atomic E-state index is -0.711. The molecule has 0 radical (unpaired) electrons. The first-order valence-corrected chi connectivity index (χ1v) is 37.5. The Morgan fingerprint density at radius 1 is 0.300 bits per heavy atom. The van der Waals surface area contributed by atoms with Gasteiger partial charge in [0, 0.05) is 72.1 Å². The average Bonchev–Trinajstić information content (AvgIpc) is 0.917. The number of hydrogen-bond donors (Lipinski definition) is 0. The number of rotatable bonds is 8. The highest BCUT2D eigenvalue weighted by Crippen LogP contribution is 2.51. The van der Waals surface area contributed by atoms with Crippen LogP contribution in [-0.4, -0.2) is 20.4 Å². The number of anilines is 6. The Hall–Kier alpha value is -12.9. The van der Waals surface area contributed by atoms with Crippen molar-refractivity contribution < 1.29 is 16.4 Å². The van der Waals surface area contributed by atoms with Gasteiger partial charge >= 0.3 is 0 Å². The Morgan fingerprint density at radius 3 is 1.26 bits per heavy atom. The molecule has 530 valence electrons. The van der Waals surface area contributed by atoms with Crippen molar-refractivity contribution in [2.24, 2.45) is 0 Å². The van der Waals surface area contributed by atoms with Crippen molar-refractivity contribution in [3.05, 3.63) is 324 Å². The average molecular weight is 1430 g/mol. The standard InChI is InChI=1S/C102H84BN7/c1-99(2,3)71-35-44-89-81(53-71)82-54-72(100(4,5)6)36-45-90(82)107(89)76-40-42-86-95(58-76)110(93-57-75(39-33-68(93)62-105)106-87-31-23-22-30-79(87)80-48-63(61-104)32-43-88(80)106)97-60-78(108-91-46-37-73(101(7,8)9)55-83(91)84-56-74(102(10,11)12)38-47-92(84)108)59-96-98(97)103(86)85-41-34-67(64-24-16-13-17-25-64)52-94(85)109(96)77-50-69(65-26-18-14-19-27-65)49-70(51-77)66-28-20-15-21-29-66/h13-60H,1-12H3/i13D,16D,17D,22D,23D,24D,25D,30D,31D,32D,43D,48D. The molecule has 0 spiro atoms. The first-order valence-electron chi connectivity index (χ1n) is 43.5. The van der Waals surface area contributed by atoms with Crippen LogP contribution in [0.1, 0.15) is 133 Å². The van der Waals surface area contributed by atoms with E-state index in [0.29, 0.717) is 45.4 Å². The minimum absolute atomic E-state index is 0.0236. The summed E-state index contributed by atoms with van der Waals surface area (Å²) in [6.45, 7) is 25.9. The summed E-state index contributed by atoms with van der Waals surface area (Å²) in [5.74, 6) is 0. The zero-order valence-corrected chi connectivity index (χ0v) is 63.5. The third-order valence-corrected chi connectivity index (χ3v) is 22.6. The predicted octanol–water partition coefficient (Wildman–Crippen LogP) is 25.0. The van der Waals surface area contributed by atoms with E-state index in [-0.39, 0.29) is 72.4 Å². The van der Waals surface area contributed by atoms with Gasteiger partial charge in [0.15, 0.2) is 0 Å². The molecule has 17 aromatic rings.